The lowest BCUT2D eigenvalue weighted by Crippen LogP contribution is -2.23. The number of benzene rings is 2. The van der Waals surface area contributed by atoms with E-state index in [1.807, 2.05) is 0 Å². The first kappa shape index (κ1) is 16.8. The van der Waals surface area contributed by atoms with Crippen LogP contribution in [0, 0.1) is 6.92 Å². The lowest BCUT2D eigenvalue weighted by molar-refractivity contribution is -0.136. The highest BCUT2D eigenvalue weighted by Gasteiger charge is 2.34. The molecule has 0 spiro atoms. The standard InChI is InChI=1S/C16H9Cl2F3N2O/c1-8-6-7-9(16(19,20)21)13-12(8)14(24)23(15(18)22-13)11-5-3-2-4-10(11)17/h2-7H,1H3. The number of rotatable bonds is 1. The second kappa shape index (κ2) is 5.79. The van der Waals surface area contributed by atoms with Gasteiger partial charge in [0.2, 0.25) is 5.28 Å². The molecule has 1 heterocycles. The maximum absolute atomic E-state index is 13.2. The van der Waals surface area contributed by atoms with Crippen LogP contribution in [0.3, 0.4) is 0 Å². The van der Waals surface area contributed by atoms with Gasteiger partial charge in [0, 0.05) is 0 Å². The average molecular weight is 373 g/mol. The summed E-state index contributed by atoms with van der Waals surface area (Å²) in [6.45, 7) is 1.54. The van der Waals surface area contributed by atoms with Crippen LogP contribution in [0.5, 0.6) is 0 Å². The molecule has 3 nitrogen and oxygen atoms in total. The van der Waals surface area contributed by atoms with Gasteiger partial charge in [-0.15, -0.1) is 0 Å². The maximum Gasteiger partial charge on any atom is 0.418 e. The minimum atomic E-state index is -4.65. The van der Waals surface area contributed by atoms with Crippen molar-refractivity contribution in [3.05, 3.63) is 68.2 Å². The van der Waals surface area contributed by atoms with E-state index < -0.39 is 28.1 Å². The normalized spacial score (nSPS) is 11.9. The van der Waals surface area contributed by atoms with Gasteiger partial charge >= 0.3 is 6.18 Å². The van der Waals surface area contributed by atoms with Crippen LogP contribution in [0.1, 0.15) is 11.1 Å². The smallest absolute Gasteiger partial charge is 0.268 e. The van der Waals surface area contributed by atoms with Crippen LogP contribution in [-0.2, 0) is 6.18 Å². The van der Waals surface area contributed by atoms with Crippen molar-refractivity contribution < 1.29 is 13.2 Å². The number of halogens is 5. The largest absolute Gasteiger partial charge is 0.418 e. The molecular weight excluding hydrogens is 364 g/mol. The van der Waals surface area contributed by atoms with Gasteiger partial charge in [0.05, 0.1) is 27.2 Å². The number of nitrogens with zero attached hydrogens (tertiary/aromatic N) is 2. The molecule has 0 aliphatic rings. The molecule has 0 amide bonds. The first-order valence-corrected chi connectivity index (χ1v) is 7.51. The first-order chi connectivity index (χ1) is 11.2. The molecule has 0 aliphatic heterocycles. The van der Waals surface area contributed by atoms with Gasteiger partial charge in [0.1, 0.15) is 0 Å². The van der Waals surface area contributed by atoms with E-state index in [2.05, 4.69) is 4.98 Å². The third-order valence-electron chi connectivity index (χ3n) is 3.59. The zero-order valence-electron chi connectivity index (χ0n) is 12.2. The number of hydrogen-bond donors (Lipinski definition) is 0. The molecule has 8 heteroatoms. The molecule has 0 unspecified atom stereocenters. The van der Waals surface area contributed by atoms with Gasteiger partial charge in [-0.1, -0.05) is 29.8 Å². The van der Waals surface area contributed by atoms with Gasteiger partial charge in [-0.25, -0.2) is 9.55 Å². The van der Waals surface area contributed by atoms with Crippen molar-refractivity contribution >= 4 is 34.1 Å². The van der Waals surface area contributed by atoms with E-state index in [9.17, 15) is 18.0 Å². The van der Waals surface area contributed by atoms with E-state index in [0.29, 0.717) is 5.56 Å². The Bertz CT molecular complexity index is 1010. The topological polar surface area (TPSA) is 34.9 Å². The van der Waals surface area contributed by atoms with Crippen molar-refractivity contribution in [1.82, 2.24) is 9.55 Å². The molecule has 0 bridgehead atoms. The minimum absolute atomic E-state index is 0.144. The molecule has 0 radical (unpaired) electrons. The summed E-state index contributed by atoms with van der Waals surface area (Å²) in [4.78, 5) is 16.6. The SMILES string of the molecule is Cc1ccc(C(F)(F)F)c2nc(Cl)n(-c3ccccc3Cl)c(=O)c12. The highest BCUT2D eigenvalue weighted by Crippen LogP contribution is 2.35. The lowest BCUT2D eigenvalue weighted by Gasteiger charge is -2.15. The number of aromatic nitrogens is 2. The highest BCUT2D eigenvalue weighted by molar-refractivity contribution is 6.33. The summed E-state index contributed by atoms with van der Waals surface area (Å²) < 4.78 is 40.6. The van der Waals surface area contributed by atoms with E-state index in [1.165, 1.54) is 19.1 Å². The van der Waals surface area contributed by atoms with Crippen molar-refractivity contribution in [2.45, 2.75) is 13.1 Å². The van der Waals surface area contributed by atoms with Crippen LogP contribution in [0.25, 0.3) is 16.6 Å². The third kappa shape index (κ3) is 2.65. The van der Waals surface area contributed by atoms with Gasteiger partial charge in [-0.05, 0) is 42.3 Å². The van der Waals surface area contributed by atoms with E-state index >= 15 is 0 Å². The van der Waals surface area contributed by atoms with Gasteiger partial charge < -0.3 is 0 Å². The number of fused-ring (bicyclic) bond motifs is 1. The second-order valence-corrected chi connectivity index (χ2v) is 5.87. The molecule has 1 aromatic heterocycles. The molecule has 0 saturated carbocycles. The summed E-state index contributed by atoms with van der Waals surface area (Å²) in [6.07, 6.45) is -4.65. The Kier molecular flexibility index (Phi) is 4.05. The van der Waals surface area contributed by atoms with E-state index in [0.717, 1.165) is 10.6 Å². The fourth-order valence-electron chi connectivity index (χ4n) is 2.49. The zero-order valence-corrected chi connectivity index (χ0v) is 13.7. The Hall–Kier alpha value is -2.05. The van der Waals surface area contributed by atoms with Crippen molar-refractivity contribution in [3.8, 4) is 5.69 Å². The number of alkyl halides is 3. The molecule has 0 fully saturated rings. The third-order valence-corrected chi connectivity index (χ3v) is 4.16. The lowest BCUT2D eigenvalue weighted by atomic mass is 10.1. The summed E-state index contributed by atoms with van der Waals surface area (Å²) in [5, 5.41) is -0.307. The van der Waals surface area contributed by atoms with Crippen molar-refractivity contribution in [1.29, 1.82) is 0 Å². The Morgan fingerprint density at radius 2 is 1.75 bits per heavy atom. The fraction of sp³-hybridized carbons (Fsp3) is 0.125. The first-order valence-electron chi connectivity index (χ1n) is 6.76. The molecule has 0 N–H and O–H groups in total. The van der Waals surface area contributed by atoms with E-state index in [-0.39, 0.29) is 16.1 Å². The Morgan fingerprint density at radius 1 is 1.08 bits per heavy atom. The molecule has 0 saturated heterocycles. The van der Waals surface area contributed by atoms with Crippen LogP contribution in [-0.4, -0.2) is 9.55 Å². The van der Waals surface area contributed by atoms with Gasteiger partial charge in [0.25, 0.3) is 5.56 Å². The summed E-state index contributed by atoms with van der Waals surface area (Å²) in [7, 11) is 0. The van der Waals surface area contributed by atoms with Gasteiger partial charge in [-0.2, -0.15) is 13.2 Å². The van der Waals surface area contributed by atoms with Crippen LogP contribution < -0.4 is 5.56 Å². The Labute approximate surface area is 144 Å². The predicted molar refractivity (Wildman–Crippen MR) is 87.1 cm³/mol. The Balaban J connectivity index is 2.48. The predicted octanol–water partition coefficient (Wildman–Crippen LogP) is 5.02. The second-order valence-electron chi connectivity index (χ2n) is 5.12. The molecule has 3 aromatic rings. The average Bonchev–Trinajstić information content (AvgIpc) is 2.47. The van der Waals surface area contributed by atoms with Crippen molar-refractivity contribution in [2.75, 3.05) is 0 Å². The van der Waals surface area contributed by atoms with Crippen molar-refractivity contribution in [2.24, 2.45) is 0 Å². The van der Waals surface area contributed by atoms with Gasteiger partial charge in [0.15, 0.2) is 0 Å². The molecule has 2 aromatic carbocycles. The molecule has 0 aliphatic carbocycles. The summed E-state index contributed by atoms with van der Waals surface area (Å²) >= 11 is 12.1. The van der Waals surface area contributed by atoms with Crippen LogP contribution in [0.15, 0.2) is 41.2 Å². The monoisotopic (exact) mass is 372 g/mol. The van der Waals surface area contributed by atoms with E-state index in [4.69, 9.17) is 23.2 Å². The number of hydrogen-bond acceptors (Lipinski definition) is 2. The summed E-state index contributed by atoms with van der Waals surface area (Å²) in [5.74, 6) is 0. The zero-order chi connectivity index (χ0) is 17.6. The molecule has 124 valence electrons. The van der Waals surface area contributed by atoms with Crippen LogP contribution in [0.2, 0.25) is 10.3 Å². The van der Waals surface area contributed by atoms with E-state index in [1.54, 1.807) is 18.2 Å². The summed E-state index contributed by atoms with van der Waals surface area (Å²) in [6, 6.07) is 8.49. The highest BCUT2D eigenvalue weighted by atomic mass is 35.5. The molecular formula is C16H9Cl2F3N2O. The quantitative estimate of drug-likeness (QED) is 0.562. The Morgan fingerprint density at radius 3 is 2.38 bits per heavy atom. The summed E-state index contributed by atoms with van der Waals surface area (Å²) in [5.41, 5.74) is -1.57. The number of para-hydroxylation sites is 1. The van der Waals surface area contributed by atoms with Crippen LogP contribution >= 0.6 is 23.2 Å². The fourth-order valence-corrected chi connectivity index (χ4v) is 2.96. The number of aryl methyl sites for hydroxylation is 1. The molecule has 0 atom stereocenters. The minimum Gasteiger partial charge on any atom is -0.268 e. The van der Waals surface area contributed by atoms with Gasteiger partial charge in [-0.3, -0.25) is 4.79 Å². The van der Waals surface area contributed by atoms with Crippen molar-refractivity contribution in [3.63, 3.8) is 0 Å². The maximum atomic E-state index is 13.2. The molecule has 24 heavy (non-hydrogen) atoms. The van der Waals surface area contributed by atoms with Crippen LogP contribution in [0.4, 0.5) is 13.2 Å². The molecule has 3 rings (SSSR count).